The van der Waals surface area contributed by atoms with Gasteiger partial charge in [0.15, 0.2) is 6.29 Å². The van der Waals surface area contributed by atoms with Gasteiger partial charge in [0.05, 0.1) is 0 Å². The van der Waals surface area contributed by atoms with Crippen molar-refractivity contribution in [2.24, 2.45) is 0 Å². The standard InChI is InChI=1S/C14H24O2/c1-4-7-8-9-10-11-12-13-14(15-5-2)16-6-3/h8-14H,4-7H2,1-3H3/b9-8-,11-10-,13-12+. The lowest BCUT2D eigenvalue weighted by molar-refractivity contribution is -0.103. The van der Waals surface area contributed by atoms with Crippen molar-refractivity contribution >= 4 is 0 Å². The number of ether oxygens (including phenoxy) is 2. The van der Waals surface area contributed by atoms with Crippen LogP contribution in [0.2, 0.25) is 0 Å². The molecule has 0 spiro atoms. The summed E-state index contributed by atoms with van der Waals surface area (Å²) in [5.74, 6) is 0. The summed E-state index contributed by atoms with van der Waals surface area (Å²) in [5.41, 5.74) is 0. The lowest BCUT2D eigenvalue weighted by Gasteiger charge is -2.11. The first-order chi connectivity index (χ1) is 7.85. The molecule has 0 radical (unpaired) electrons. The first-order valence-electron chi connectivity index (χ1n) is 6.08. The molecule has 0 bridgehead atoms. The number of allylic oxidation sites excluding steroid dienone is 5. The molecule has 0 rings (SSSR count). The van der Waals surface area contributed by atoms with Gasteiger partial charge in [0.25, 0.3) is 0 Å². The van der Waals surface area contributed by atoms with Crippen molar-refractivity contribution in [1.82, 2.24) is 0 Å². The minimum Gasteiger partial charge on any atom is -0.349 e. The molecule has 0 aliphatic heterocycles. The van der Waals surface area contributed by atoms with Crippen LogP contribution >= 0.6 is 0 Å². The maximum atomic E-state index is 5.37. The Labute approximate surface area is 99.6 Å². The molecule has 0 aromatic heterocycles. The Bertz CT molecular complexity index is 211. The summed E-state index contributed by atoms with van der Waals surface area (Å²) in [7, 11) is 0. The van der Waals surface area contributed by atoms with Gasteiger partial charge in [0.2, 0.25) is 0 Å². The molecule has 0 N–H and O–H groups in total. The number of unbranched alkanes of at least 4 members (excludes halogenated alkanes) is 1. The average molecular weight is 224 g/mol. The molecule has 0 aliphatic carbocycles. The summed E-state index contributed by atoms with van der Waals surface area (Å²) < 4.78 is 10.7. The van der Waals surface area contributed by atoms with Gasteiger partial charge in [-0.25, -0.2) is 0 Å². The number of hydrogen-bond acceptors (Lipinski definition) is 2. The van der Waals surface area contributed by atoms with Crippen LogP contribution in [0.25, 0.3) is 0 Å². The third kappa shape index (κ3) is 9.69. The summed E-state index contributed by atoms with van der Waals surface area (Å²) in [5, 5.41) is 0. The average Bonchev–Trinajstić information content (AvgIpc) is 2.28. The van der Waals surface area contributed by atoms with Gasteiger partial charge in [-0.15, -0.1) is 0 Å². The molecule has 0 aromatic rings. The van der Waals surface area contributed by atoms with Crippen LogP contribution in [-0.4, -0.2) is 19.5 Å². The van der Waals surface area contributed by atoms with Crippen LogP contribution in [0.4, 0.5) is 0 Å². The van der Waals surface area contributed by atoms with Crippen LogP contribution < -0.4 is 0 Å². The Morgan fingerprint density at radius 3 is 2.06 bits per heavy atom. The molecular formula is C14H24O2. The van der Waals surface area contributed by atoms with E-state index in [4.69, 9.17) is 9.47 Å². The number of rotatable bonds is 9. The Morgan fingerprint density at radius 1 is 0.875 bits per heavy atom. The molecular weight excluding hydrogens is 200 g/mol. The van der Waals surface area contributed by atoms with Crippen molar-refractivity contribution in [3.05, 3.63) is 36.5 Å². The fourth-order valence-electron chi connectivity index (χ4n) is 1.11. The van der Waals surface area contributed by atoms with Crippen molar-refractivity contribution in [2.45, 2.75) is 39.9 Å². The molecule has 0 atom stereocenters. The van der Waals surface area contributed by atoms with E-state index < -0.39 is 0 Å². The minimum atomic E-state index is -0.223. The Balaban J connectivity index is 3.84. The molecule has 2 nitrogen and oxygen atoms in total. The van der Waals surface area contributed by atoms with Crippen molar-refractivity contribution in [3.8, 4) is 0 Å². The summed E-state index contributed by atoms with van der Waals surface area (Å²) in [6.07, 6.45) is 14.2. The van der Waals surface area contributed by atoms with Gasteiger partial charge in [0, 0.05) is 13.2 Å². The largest absolute Gasteiger partial charge is 0.349 e. The zero-order valence-electron chi connectivity index (χ0n) is 10.7. The monoisotopic (exact) mass is 224 g/mol. The van der Waals surface area contributed by atoms with Crippen LogP contribution in [0.3, 0.4) is 0 Å². The van der Waals surface area contributed by atoms with Crippen molar-refractivity contribution in [1.29, 1.82) is 0 Å². The van der Waals surface area contributed by atoms with E-state index >= 15 is 0 Å². The van der Waals surface area contributed by atoms with Crippen LogP contribution in [0, 0.1) is 0 Å². The van der Waals surface area contributed by atoms with E-state index in [0.29, 0.717) is 13.2 Å². The normalized spacial score (nSPS) is 12.8. The maximum absolute atomic E-state index is 5.37. The minimum absolute atomic E-state index is 0.223. The van der Waals surface area contributed by atoms with Crippen molar-refractivity contribution < 1.29 is 9.47 Å². The first-order valence-corrected chi connectivity index (χ1v) is 6.08. The highest BCUT2D eigenvalue weighted by molar-refractivity contribution is 5.11. The summed E-state index contributed by atoms with van der Waals surface area (Å²) in [4.78, 5) is 0. The summed E-state index contributed by atoms with van der Waals surface area (Å²) >= 11 is 0. The lowest BCUT2D eigenvalue weighted by Crippen LogP contribution is -2.13. The number of hydrogen-bond donors (Lipinski definition) is 0. The molecule has 0 unspecified atom stereocenters. The highest BCUT2D eigenvalue weighted by Crippen LogP contribution is 1.97. The van der Waals surface area contributed by atoms with Gasteiger partial charge in [-0.05, 0) is 26.3 Å². The smallest absolute Gasteiger partial charge is 0.177 e. The Hall–Kier alpha value is -0.860. The molecule has 0 fully saturated rings. The van der Waals surface area contributed by atoms with Crippen molar-refractivity contribution in [3.63, 3.8) is 0 Å². The predicted octanol–water partition coefficient (Wildman–Crippen LogP) is 3.85. The molecule has 0 amide bonds. The molecule has 16 heavy (non-hydrogen) atoms. The van der Waals surface area contributed by atoms with Gasteiger partial charge in [-0.3, -0.25) is 0 Å². The maximum Gasteiger partial charge on any atom is 0.177 e. The van der Waals surface area contributed by atoms with Gasteiger partial charge >= 0.3 is 0 Å². The van der Waals surface area contributed by atoms with E-state index in [9.17, 15) is 0 Å². The highest BCUT2D eigenvalue weighted by Gasteiger charge is 1.99. The predicted molar refractivity (Wildman–Crippen MR) is 69.4 cm³/mol. The van der Waals surface area contributed by atoms with E-state index in [1.54, 1.807) is 0 Å². The third-order valence-electron chi connectivity index (χ3n) is 1.85. The second kappa shape index (κ2) is 12.2. The fourth-order valence-corrected chi connectivity index (χ4v) is 1.11. The van der Waals surface area contributed by atoms with Crippen LogP contribution in [0.5, 0.6) is 0 Å². The van der Waals surface area contributed by atoms with Gasteiger partial charge < -0.3 is 9.47 Å². The topological polar surface area (TPSA) is 18.5 Å². The van der Waals surface area contributed by atoms with Gasteiger partial charge in [0.1, 0.15) is 0 Å². The van der Waals surface area contributed by atoms with E-state index in [-0.39, 0.29) is 6.29 Å². The van der Waals surface area contributed by atoms with E-state index in [0.717, 1.165) is 6.42 Å². The molecule has 0 heterocycles. The zero-order chi connectivity index (χ0) is 12.1. The van der Waals surface area contributed by atoms with Crippen LogP contribution in [0.1, 0.15) is 33.6 Å². The summed E-state index contributed by atoms with van der Waals surface area (Å²) in [6, 6.07) is 0. The van der Waals surface area contributed by atoms with Gasteiger partial charge in [-0.2, -0.15) is 0 Å². The quantitative estimate of drug-likeness (QED) is 0.437. The summed E-state index contributed by atoms with van der Waals surface area (Å²) in [6.45, 7) is 7.42. The fraction of sp³-hybridized carbons (Fsp3) is 0.571. The Morgan fingerprint density at radius 2 is 1.50 bits per heavy atom. The molecule has 0 aromatic carbocycles. The zero-order valence-corrected chi connectivity index (χ0v) is 10.7. The van der Waals surface area contributed by atoms with Crippen LogP contribution in [-0.2, 0) is 9.47 Å². The second-order valence-electron chi connectivity index (χ2n) is 3.27. The highest BCUT2D eigenvalue weighted by atomic mass is 16.7. The third-order valence-corrected chi connectivity index (χ3v) is 1.85. The van der Waals surface area contributed by atoms with E-state index in [1.807, 2.05) is 38.2 Å². The SMILES string of the molecule is CCC\C=C/C=C\C=C\C(OCC)OCC. The second-order valence-corrected chi connectivity index (χ2v) is 3.27. The molecule has 92 valence electrons. The molecule has 2 heteroatoms. The molecule has 0 aliphatic rings. The molecule has 0 saturated carbocycles. The van der Waals surface area contributed by atoms with Crippen LogP contribution in [0.15, 0.2) is 36.5 Å². The Kier molecular flexibility index (Phi) is 11.6. The molecule has 0 saturated heterocycles. The lowest BCUT2D eigenvalue weighted by atomic mass is 10.3. The van der Waals surface area contributed by atoms with Gasteiger partial charge in [-0.1, -0.05) is 43.7 Å². The van der Waals surface area contributed by atoms with E-state index in [2.05, 4.69) is 19.1 Å². The van der Waals surface area contributed by atoms with E-state index in [1.165, 1.54) is 6.42 Å². The van der Waals surface area contributed by atoms with Crippen molar-refractivity contribution in [2.75, 3.05) is 13.2 Å². The first kappa shape index (κ1) is 15.1.